The first-order chi connectivity index (χ1) is 5.61. The van der Waals surface area contributed by atoms with Crippen molar-refractivity contribution < 1.29 is 8.42 Å². The van der Waals surface area contributed by atoms with Crippen molar-refractivity contribution in [2.45, 2.75) is 37.4 Å². The Bertz CT molecular complexity index is 256. The van der Waals surface area contributed by atoms with Crippen molar-refractivity contribution in [3.63, 3.8) is 0 Å². The Morgan fingerprint density at radius 2 is 2.00 bits per heavy atom. The number of hydrogen-bond donors (Lipinski definition) is 0. The molecule has 0 heterocycles. The van der Waals surface area contributed by atoms with Crippen LogP contribution in [0.3, 0.4) is 0 Å². The molecule has 12 heavy (non-hydrogen) atoms. The minimum Gasteiger partial charge on any atom is -0.212 e. The van der Waals surface area contributed by atoms with Crippen LogP contribution >= 0.6 is 10.7 Å². The minimum absolute atomic E-state index is 0.459. The molecule has 0 saturated carbocycles. The summed E-state index contributed by atoms with van der Waals surface area (Å²) in [5, 5.41) is -0.459. The summed E-state index contributed by atoms with van der Waals surface area (Å²) < 4.78 is 21.9. The van der Waals surface area contributed by atoms with Crippen LogP contribution in [0.4, 0.5) is 0 Å². The van der Waals surface area contributed by atoms with Gasteiger partial charge in [0, 0.05) is 10.7 Å². The molecule has 1 unspecified atom stereocenters. The van der Waals surface area contributed by atoms with E-state index in [2.05, 4.69) is 0 Å². The third-order valence-electron chi connectivity index (χ3n) is 2.07. The van der Waals surface area contributed by atoms with Gasteiger partial charge in [0.05, 0.1) is 5.25 Å². The molecular weight excluding hydrogens is 196 g/mol. The summed E-state index contributed by atoms with van der Waals surface area (Å²) in [7, 11) is 1.88. The number of allylic oxidation sites excluding steroid dienone is 1. The largest absolute Gasteiger partial charge is 0.239 e. The van der Waals surface area contributed by atoms with Gasteiger partial charge in [-0.25, -0.2) is 8.42 Å². The summed E-state index contributed by atoms with van der Waals surface area (Å²) in [5.41, 5.74) is 0. The van der Waals surface area contributed by atoms with E-state index < -0.39 is 14.3 Å². The first-order valence-corrected chi connectivity index (χ1v) is 6.58. The molecule has 4 heteroatoms. The molecule has 0 radical (unpaired) electrons. The summed E-state index contributed by atoms with van der Waals surface area (Å²) in [6, 6.07) is 0. The van der Waals surface area contributed by atoms with Gasteiger partial charge in [-0.15, -0.1) is 0 Å². The maximum absolute atomic E-state index is 11.0. The molecule has 0 fully saturated rings. The van der Waals surface area contributed by atoms with Crippen molar-refractivity contribution in [1.82, 2.24) is 0 Å². The fourth-order valence-electron chi connectivity index (χ4n) is 1.36. The molecule has 2 nitrogen and oxygen atoms in total. The van der Waals surface area contributed by atoms with E-state index in [9.17, 15) is 8.42 Å². The molecule has 1 aliphatic rings. The van der Waals surface area contributed by atoms with Crippen LogP contribution in [-0.4, -0.2) is 13.7 Å². The Balaban J connectivity index is 2.68. The summed E-state index contributed by atoms with van der Waals surface area (Å²) in [6.45, 7) is 0. The zero-order valence-electron chi connectivity index (χ0n) is 6.87. The third kappa shape index (κ3) is 3.15. The van der Waals surface area contributed by atoms with Gasteiger partial charge in [0.2, 0.25) is 9.05 Å². The van der Waals surface area contributed by atoms with Crippen molar-refractivity contribution in [1.29, 1.82) is 0 Å². The summed E-state index contributed by atoms with van der Waals surface area (Å²) >= 11 is 0. The van der Waals surface area contributed by atoms with Crippen LogP contribution in [0, 0.1) is 0 Å². The maximum atomic E-state index is 11.0. The number of halogens is 1. The van der Waals surface area contributed by atoms with E-state index in [0.29, 0.717) is 6.42 Å². The highest BCUT2D eigenvalue weighted by atomic mass is 35.7. The fraction of sp³-hybridized carbons (Fsp3) is 0.750. The zero-order valence-corrected chi connectivity index (χ0v) is 8.44. The predicted molar refractivity (Wildman–Crippen MR) is 50.8 cm³/mol. The van der Waals surface area contributed by atoms with Gasteiger partial charge >= 0.3 is 0 Å². The average Bonchev–Trinajstić information content (AvgIpc) is 1.81. The summed E-state index contributed by atoms with van der Waals surface area (Å²) in [6.07, 6.45) is 8.51. The van der Waals surface area contributed by atoms with E-state index in [1.165, 1.54) is 0 Å². The molecule has 1 atom stereocenters. The lowest BCUT2D eigenvalue weighted by molar-refractivity contribution is 0.582. The predicted octanol–water partition coefficient (Wildman–Crippen LogP) is 2.44. The Morgan fingerprint density at radius 3 is 2.67 bits per heavy atom. The Labute approximate surface area is 78.0 Å². The molecule has 0 amide bonds. The molecule has 70 valence electrons. The summed E-state index contributed by atoms with van der Waals surface area (Å²) in [4.78, 5) is 0. The first-order valence-electron chi connectivity index (χ1n) is 4.21. The van der Waals surface area contributed by atoms with Gasteiger partial charge in [0.1, 0.15) is 0 Å². The van der Waals surface area contributed by atoms with Gasteiger partial charge in [0.25, 0.3) is 0 Å². The molecule has 0 bridgehead atoms. The van der Waals surface area contributed by atoms with Crippen LogP contribution in [0.2, 0.25) is 0 Å². The topological polar surface area (TPSA) is 34.1 Å². The van der Waals surface area contributed by atoms with Gasteiger partial charge in [0.15, 0.2) is 0 Å². The minimum atomic E-state index is -3.38. The van der Waals surface area contributed by atoms with Gasteiger partial charge in [-0.1, -0.05) is 25.0 Å². The number of hydrogen-bond acceptors (Lipinski definition) is 2. The quantitative estimate of drug-likeness (QED) is 0.490. The molecule has 0 aromatic carbocycles. The van der Waals surface area contributed by atoms with E-state index in [1.807, 2.05) is 6.08 Å². The second kappa shape index (κ2) is 4.28. The fourth-order valence-corrected chi connectivity index (χ4v) is 2.56. The second-order valence-electron chi connectivity index (χ2n) is 3.08. The molecule has 0 saturated heterocycles. The van der Waals surface area contributed by atoms with Crippen LogP contribution in [0.25, 0.3) is 0 Å². The van der Waals surface area contributed by atoms with Crippen molar-refractivity contribution in [2.75, 3.05) is 0 Å². The lowest BCUT2D eigenvalue weighted by Gasteiger charge is -2.10. The summed E-state index contributed by atoms with van der Waals surface area (Å²) in [5.74, 6) is 0. The third-order valence-corrected chi connectivity index (χ3v) is 3.87. The molecule has 0 aromatic heterocycles. The molecule has 0 N–H and O–H groups in total. The van der Waals surface area contributed by atoms with Gasteiger partial charge in [-0.2, -0.15) is 0 Å². The van der Waals surface area contributed by atoms with Crippen LogP contribution in [0.1, 0.15) is 32.1 Å². The highest BCUT2D eigenvalue weighted by molar-refractivity contribution is 8.14. The van der Waals surface area contributed by atoms with Crippen LogP contribution < -0.4 is 0 Å². The molecule has 0 aromatic rings. The van der Waals surface area contributed by atoms with E-state index in [4.69, 9.17) is 10.7 Å². The van der Waals surface area contributed by atoms with Crippen LogP contribution in [0.15, 0.2) is 12.2 Å². The van der Waals surface area contributed by atoms with E-state index in [0.717, 1.165) is 25.7 Å². The molecule has 0 spiro atoms. The van der Waals surface area contributed by atoms with Crippen molar-refractivity contribution in [3.8, 4) is 0 Å². The monoisotopic (exact) mass is 208 g/mol. The normalized spacial score (nSPS) is 28.9. The van der Waals surface area contributed by atoms with E-state index in [-0.39, 0.29) is 0 Å². The van der Waals surface area contributed by atoms with Gasteiger partial charge in [-0.3, -0.25) is 0 Å². The second-order valence-corrected chi connectivity index (χ2v) is 5.93. The highest BCUT2D eigenvalue weighted by Gasteiger charge is 2.19. The van der Waals surface area contributed by atoms with Crippen molar-refractivity contribution in [3.05, 3.63) is 12.2 Å². The first kappa shape index (κ1) is 10.1. The maximum Gasteiger partial charge on any atom is 0.239 e. The molecule has 1 rings (SSSR count). The van der Waals surface area contributed by atoms with Crippen LogP contribution in [0.5, 0.6) is 0 Å². The van der Waals surface area contributed by atoms with Gasteiger partial charge in [-0.05, 0) is 19.3 Å². The van der Waals surface area contributed by atoms with Crippen LogP contribution in [-0.2, 0) is 9.05 Å². The molecule has 0 aliphatic heterocycles. The Morgan fingerprint density at radius 1 is 1.25 bits per heavy atom. The lowest BCUT2D eigenvalue weighted by atomic mass is 10.1. The SMILES string of the molecule is O=S(=O)(Cl)C1/C=C\CCCCC1. The van der Waals surface area contributed by atoms with Gasteiger partial charge < -0.3 is 0 Å². The molecular formula is C8H13ClO2S. The lowest BCUT2D eigenvalue weighted by Crippen LogP contribution is -2.13. The smallest absolute Gasteiger partial charge is 0.212 e. The number of rotatable bonds is 1. The average molecular weight is 209 g/mol. The Hall–Kier alpha value is -0.0200. The molecule has 1 aliphatic carbocycles. The van der Waals surface area contributed by atoms with E-state index in [1.54, 1.807) is 6.08 Å². The van der Waals surface area contributed by atoms with Crippen molar-refractivity contribution >= 4 is 19.7 Å². The van der Waals surface area contributed by atoms with E-state index >= 15 is 0 Å². The zero-order chi connectivity index (χ0) is 9.03. The Kier molecular flexibility index (Phi) is 3.59. The van der Waals surface area contributed by atoms with Crippen molar-refractivity contribution in [2.24, 2.45) is 0 Å². The standard InChI is InChI=1S/C8H13ClO2S/c9-12(10,11)8-6-4-2-1-3-5-7-8/h4,6,8H,1-3,5,7H2/b6-4-. The highest BCUT2D eigenvalue weighted by Crippen LogP contribution is 2.19.